The predicted octanol–water partition coefficient (Wildman–Crippen LogP) is 3.68. The van der Waals surface area contributed by atoms with Crippen LogP contribution in [0.15, 0.2) is 0 Å². The van der Waals surface area contributed by atoms with Gasteiger partial charge < -0.3 is 19.9 Å². The van der Waals surface area contributed by atoms with Crippen molar-refractivity contribution >= 4 is 45.5 Å². The van der Waals surface area contributed by atoms with E-state index in [1.54, 1.807) is 21.0 Å². The van der Waals surface area contributed by atoms with Crippen molar-refractivity contribution in [2.24, 2.45) is 23.7 Å². The van der Waals surface area contributed by atoms with Crippen molar-refractivity contribution in [1.82, 2.24) is 14.7 Å². The highest BCUT2D eigenvalue weighted by molar-refractivity contribution is 7.80. The second-order valence-electron chi connectivity index (χ2n) is 10.8. The van der Waals surface area contributed by atoms with Gasteiger partial charge in [0.05, 0.1) is 17.6 Å². The van der Waals surface area contributed by atoms with Crippen LogP contribution in [-0.4, -0.2) is 85.1 Å². The van der Waals surface area contributed by atoms with Gasteiger partial charge in [0.1, 0.15) is 5.00 Å². The Bertz CT molecular complexity index is 955. The average molecular weight is 505 g/mol. The second-order valence-corrected chi connectivity index (χ2v) is 12.2. The molecule has 9 heteroatoms. The van der Waals surface area contributed by atoms with Crippen LogP contribution in [0.1, 0.15) is 57.7 Å². The van der Waals surface area contributed by atoms with Gasteiger partial charge in [-0.15, -0.1) is 11.3 Å². The van der Waals surface area contributed by atoms with Gasteiger partial charge in [-0.2, -0.15) is 0 Å². The van der Waals surface area contributed by atoms with Crippen molar-refractivity contribution in [3.8, 4) is 0 Å². The van der Waals surface area contributed by atoms with Crippen LogP contribution in [0.2, 0.25) is 0 Å². The number of methoxy groups -OCH3 is 1. The van der Waals surface area contributed by atoms with Crippen LogP contribution in [-0.2, 0) is 4.74 Å². The standard InChI is InChI=1S/C25H36N4O3S2/c1-14-19(24(31)32-4)22(34-21(14)23(30)27(2)3)26-25(33)29-7-5-28(6-8-29)20-17-10-15-9-16(12-17)13-18(20)11-15/h15-18,20H,5-13H2,1-4H3,(H,26,33). The molecule has 1 aliphatic heterocycles. The lowest BCUT2D eigenvalue weighted by Crippen LogP contribution is -2.60. The molecule has 1 saturated heterocycles. The molecule has 5 aliphatic rings. The minimum Gasteiger partial charge on any atom is -0.465 e. The molecule has 186 valence electrons. The van der Waals surface area contributed by atoms with Crippen LogP contribution in [0.25, 0.3) is 0 Å². The van der Waals surface area contributed by atoms with Crippen molar-refractivity contribution in [2.75, 3.05) is 52.7 Å². The largest absolute Gasteiger partial charge is 0.465 e. The number of nitrogens with one attached hydrogen (secondary N) is 1. The predicted molar refractivity (Wildman–Crippen MR) is 139 cm³/mol. The van der Waals surface area contributed by atoms with Crippen LogP contribution in [0, 0.1) is 30.6 Å². The van der Waals surface area contributed by atoms with E-state index in [1.165, 1.54) is 55.5 Å². The maximum absolute atomic E-state index is 12.6. The molecule has 0 aromatic carbocycles. The van der Waals surface area contributed by atoms with E-state index in [9.17, 15) is 9.59 Å². The Hall–Kier alpha value is -1.71. The van der Waals surface area contributed by atoms with Crippen molar-refractivity contribution in [3.05, 3.63) is 16.0 Å². The molecule has 0 unspecified atom stereocenters. The average Bonchev–Trinajstić information content (AvgIpc) is 3.13. The smallest absolute Gasteiger partial charge is 0.341 e. The molecule has 1 aromatic rings. The van der Waals surface area contributed by atoms with Crippen molar-refractivity contribution in [1.29, 1.82) is 0 Å². The number of hydrogen-bond donors (Lipinski definition) is 1. The molecule has 0 radical (unpaired) electrons. The summed E-state index contributed by atoms with van der Waals surface area (Å²) in [6, 6.07) is 0.766. The molecule has 0 atom stereocenters. The van der Waals surface area contributed by atoms with Gasteiger partial charge in [-0.1, -0.05) is 0 Å². The molecule has 4 bridgehead atoms. The van der Waals surface area contributed by atoms with Gasteiger partial charge in [0.25, 0.3) is 5.91 Å². The van der Waals surface area contributed by atoms with E-state index in [-0.39, 0.29) is 5.91 Å². The number of piperazine rings is 1. The summed E-state index contributed by atoms with van der Waals surface area (Å²) in [5.41, 5.74) is 1.03. The Morgan fingerprint density at radius 3 is 2.15 bits per heavy atom. The molecule has 34 heavy (non-hydrogen) atoms. The number of nitrogens with zero attached hydrogens (tertiary/aromatic N) is 3. The molecule has 2 heterocycles. The van der Waals surface area contributed by atoms with Gasteiger partial charge in [-0.3, -0.25) is 9.69 Å². The molecule has 4 aliphatic carbocycles. The fourth-order valence-electron chi connectivity index (χ4n) is 7.25. The topological polar surface area (TPSA) is 65.1 Å². The summed E-state index contributed by atoms with van der Waals surface area (Å²) in [7, 11) is 4.78. The van der Waals surface area contributed by atoms with Crippen LogP contribution >= 0.6 is 23.6 Å². The van der Waals surface area contributed by atoms with Crippen LogP contribution in [0.3, 0.4) is 0 Å². The third-order valence-electron chi connectivity index (χ3n) is 8.56. The summed E-state index contributed by atoms with van der Waals surface area (Å²) in [5, 5.41) is 4.48. The summed E-state index contributed by atoms with van der Waals surface area (Å²) in [6.07, 6.45) is 7.27. The molecule has 1 N–H and O–H groups in total. The highest BCUT2D eigenvalue weighted by Gasteiger charge is 2.50. The Labute approximate surface area is 211 Å². The molecule has 4 saturated carbocycles. The number of thiocarbonyl (C=S) groups is 1. The van der Waals surface area contributed by atoms with E-state index in [1.807, 2.05) is 0 Å². The van der Waals surface area contributed by atoms with E-state index in [0.717, 1.165) is 55.9 Å². The molecule has 0 spiro atoms. The highest BCUT2D eigenvalue weighted by Crippen LogP contribution is 2.55. The molecule has 1 aromatic heterocycles. The first-order chi connectivity index (χ1) is 16.3. The normalized spacial score (nSPS) is 30.4. The number of carbonyl (C=O) groups is 2. The fourth-order valence-corrected chi connectivity index (χ4v) is 8.81. The van der Waals surface area contributed by atoms with Crippen LogP contribution < -0.4 is 5.32 Å². The number of ether oxygens (including phenoxy) is 1. The Balaban J connectivity index is 1.25. The summed E-state index contributed by atoms with van der Waals surface area (Å²) in [5.74, 6) is 3.22. The van der Waals surface area contributed by atoms with Gasteiger partial charge >= 0.3 is 5.97 Å². The van der Waals surface area contributed by atoms with Crippen LogP contribution in [0.4, 0.5) is 5.00 Å². The van der Waals surface area contributed by atoms with Crippen molar-refractivity contribution in [3.63, 3.8) is 0 Å². The van der Waals surface area contributed by atoms with E-state index in [4.69, 9.17) is 17.0 Å². The zero-order valence-corrected chi connectivity index (χ0v) is 22.3. The quantitative estimate of drug-likeness (QED) is 0.496. The molecule has 1 amide bonds. The zero-order chi connectivity index (χ0) is 24.1. The van der Waals surface area contributed by atoms with Gasteiger partial charge in [-0.25, -0.2) is 4.79 Å². The molecule has 5 fully saturated rings. The monoisotopic (exact) mass is 504 g/mol. The lowest BCUT2D eigenvalue weighted by Gasteiger charge is -2.58. The molecular weight excluding hydrogens is 468 g/mol. The maximum Gasteiger partial charge on any atom is 0.341 e. The van der Waals surface area contributed by atoms with Gasteiger partial charge in [0.2, 0.25) is 0 Å². The third-order valence-corrected chi connectivity index (χ3v) is 10.1. The zero-order valence-electron chi connectivity index (χ0n) is 20.6. The number of hydrogen-bond acceptors (Lipinski definition) is 6. The molecule has 7 nitrogen and oxygen atoms in total. The fraction of sp³-hybridized carbons (Fsp3) is 0.720. The number of thiophene rings is 1. The number of carbonyl (C=O) groups excluding carboxylic acids is 2. The number of amides is 1. The Kier molecular flexibility index (Phi) is 6.63. The van der Waals surface area contributed by atoms with E-state index < -0.39 is 5.97 Å². The maximum atomic E-state index is 12.6. The lowest BCUT2D eigenvalue weighted by molar-refractivity contribution is -0.0726. The minimum atomic E-state index is -0.455. The van der Waals surface area contributed by atoms with E-state index in [2.05, 4.69) is 15.1 Å². The summed E-state index contributed by atoms with van der Waals surface area (Å²) in [6.45, 7) is 5.63. The number of rotatable bonds is 4. The summed E-state index contributed by atoms with van der Waals surface area (Å²) >= 11 is 7.03. The first-order valence-electron chi connectivity index (χ1n) is 12.5. The summed E-state index contributed by atoms with van der Waals surface area (Å²) < 4.78 is 5.01. The molecular formula is C25H36N4O3S2. The lowest BCUT2D eigenvalue weighted by atomic mass is 9.54. The SMILES string of the molecule is COC(=O)c1c(NC(=S)N2CCN(C3C4CC5CC(C4)CC3C5)CC2)sc(C(=O)N(C)C)c1C. The number of anilines is 1. The van der Waals surface area contributed by atoms with Crippen LogP contribution in [0.5, 0.6) is 0 Å². The van der Waals surface area contributed by atoms with Gasteiger partial charge in [0.15, 0.2) is 5.11 Å². The Morgan fingerprint density at radius 1 is 1.03 bits per heavy atom. The number of esters is 1. The van der Waals surface area contributed by atoms with E-state index in [0.29, 0.717) is 26.1 Å². The van der Waals surface area contributed by atoms with Crippen molar-refractivity contribution in [2.45, 2.75) is 45.1 Å². The third kappa shape index (κ3) is 4.24. The highest BCUT2D eigenvalue weighted by atomic mass is 32.1. The first-order valence-corrected chi connectivity index (χ1v) is 13.7. The Morgan fingerprint density at radius 2 is 1.62 bits per heavy atom. The van der Waals surface area contributed by atoms with Gasteiger partial charge in [0, 0.05) is 46.3 Å². The minimum absolute atomic E-state index is 0.129. The second kappa shape index (κ2) is 9.39. The summed E-state index contributed by atoms with van der Waals surface area (Å²) in [4.78, 5) is 32.1. The first kappa shape index (κ1) is 24.0. The van der Waals surface area contributed by atoms with E-state index >= 15 is 0 Å². The van der Waals surface area contributed by atoms with Crippen molar-refractivity contribution < 1.29 is 14.3 Å². The molecule has 6 rings (SSSR count). The van der Waals surface area contributed by atoms with Gasteiger partial charge in [-0.05, 0) is 80.5 Å².